The van der Waals surface area contributed by atoms with E-state index in [9.17, 15) is 4.79 Å². The van der Waals surface area contributed by atoms with E-state index in [0.29, 0.717) is 13.0 Å². The first-order valence-corrected chi connectivity index (χ1v) is 6.10. The van der Waals surface area contributed by atoms with Crippen molar-refractivity contribution in [3.8, 4) is 0 Å². The first kappa shape index (κ1) is 15.7. The van der Waals surface area contributed by atoms with Crippen molar-refractivity contribution in [1.29, 1.82) is 0 Å². The molecule has 1 aromatic rings. The van der Waals surface area contributed by atoms with Crippen LogP contribution in [0.4, 0.5) is 0 Å². The predicted molar refractivity (Wildman–Crippen MR) is 71.6 cm³/mol. The third-order valence-corrected chi connectivity index (χ3v) is 3.37. The van der Waals surface area contributed by atoms with Crippen LogP contribution in [-0.4, -0.2) is 18.5 Å². The third kappa shape index (κ3) is 5.16. The first-order chi connectivity index (χ1) is 7.13. The van der Waals surface area contributed by atoms with E-state index in [-0.39, 0.29) is 18.3 Å². The molecule has 0 aliphatic rings. The highest BCUT2D eigenvalue weighted by atomic mass is 35.5. The van der Waals surface area contributed by atoms with Crippen LogP contribution in [-0.2, 0) is 11.2 Å². The molecule has 0 saturated heterocycles. The Balaban J connectivity index is 0.00000225. The monoisotopic (exact) mass is 282 g/mol. The summed E-state index contributed by atoms with van der Waals surface area (Å²) in [7, 11) is 0. The first-order valence-electron chi connectivity index (χ1n) is 4.91. The van der Waals surface area contributed by atoms with E-state index >= 15 is 0 Å². The quantitative estimate of drug-likeness (QED) is 0.870. The van der Waals surface area contributed by atoms with Gasteiger partial charge in [-0.25, -0.2) is 0 Å². The molecule has 0 saturated carbocycles. The molecule has 1 aromatic heterocycles. The Kier molecular flexibility index (Phi) is 7.76. The molecule has 1 heterocycles. The minimum absolute atomic E-state index is 0. The van der Waals surface area contributed by atoms with Crippen LogP contribution in [0.3, 0.4) is 0 Å². The van der Waals surface area contributed by atoms with Gasteiger partial charge in [0.15, 0.2) is 0 Å². The molecule has 0 unspecified atom stereocenters. The molecule has 0 fully saturated rings. The lowest BCUT2D eigenvalue weighted by Gasteiger charge is -2.08. The van der Waals surface area contributed by atoms with Gasteiger partial charge >= 0.3 is 0 Å². The third-order valence-electron chi connectivity index (χ3n) is 2.08. The minimum Gasteiger partial charge on any atom is -0.354 e. The number of hydrogen-bond acceptors (Lipinski definition) is 3. The van der Waals surface area contributed by atoms with Gasteiger partial charge in [-0.1, -0.05) is 18.5 Å². The van der Waals surface area contributed by atoms with Gasteiger partial charge in [0.1, 0.15) is 0 Å². The molecule has 16 heavy (non-hydrogen) atoms. The van der Waals surface area contributed by atoms with E-state index in [1.54, 1.807) is 0 Å². The van der Waals surface area contributed by atoms with Gasteiger partial charge in [-0.05, 0) is 25.0 Å². The van der Waals surface area contributed by atoms with E-state index in [1.807, 2.05) is 19.1 Å². The summed E-state index contributed by atoms with van der Waals surface area (Å²) in [6.45, 7) is 2.51. The maximum absolute atomic E-state index is 11.3. The fraction of sp³-hybridized carbons (Fsp3) is 0.500. The van der Waals surface area contributed by atoms with Crippen molar-refractivity contribution in [2.45, 2.75) is 25.8 Å². The van der Waals surface area contributed by atoms with Gasteiger partial charge in [0.25, 0.3) is 0 Å². The van der Waals surface area contributed by atoms with Gasteiger partial charge < -0.3 is 11.1 Å². The zero-order valence-electron chi connectivity index (χ0n) is 9.03. The van der Waals surface area contributed by atoms with Crippen LogP contribution < -0.4 is 11.1 Å². The Bertz CT molecular complexity index is 330. The highest BCUT2D eigenvalue weighted by Crippen LogP contribution is 2.21. The number of nitrogens with two attached hydrogens (primary N) is 1. The molecule has 0 aromatic carbocycles. The van der Waals surface area contributed by atoms with E-state index in [0.717, 1.165) is 10.8 Å². The molecule has 0 radical (unpaired) electrons. The standard InChI is InChI=1S/C10H15ClN2OS.ClH/c1-2-8(12)10(14)13-6-5-7-3-4-9(11)15-7;/h3-4,8H,2,5-6,12H2,1H3,(H,13,14);1H/t8-;/m0./s1. The second-order valence-corrected chi connectivity index (χ2v) is 5.06. The SMILES string of the molecule is CC[C@H](N)C(=O)NCCc1ccc(Cl)s1.Cl. The molecular formula is C10H16Cl2N2OS. The van der Waals surface area contributed by atoms with Crippen LogP contribution in [0.1, 0.15) is 18.2 Å². The number of carbonyl (C=O) groups is 1. The molecule has 0 aliphatic heterocycles. The average molecular weight is 283 g/mol. The predicted octanol–water partition coefficient (Wildman–Crippen LogP) is 2.22. The van der Waals surface area contributed by atoms with Crippen LogP contribution in [0, 0.1) is 0 Å². The summed E-state index contributed by atoms with van der Waals surface area (Å²) in [5.74, 6) is -0.0832. The number of carbonyl (C=O) groups excluding carboxylic acids is 1. The summed E-state index contributed by atoms with van der Waals surface area (Å²) in [6.07, 6.45) is 1.47. The average Bonchev–Trinajstić information content (AvgIpc) is 2.63. The highest BCUT2D eigenvalue weighted by Gasteiger charge is 2.09. The minimum atomic E-state index is -0.392. The molecule has 3 nitrogen and oxygen atoms in total. The number of rotatable bonds is 5. The van der Waals surface area contributed by atoms with E-state index in [2.05, 4.69) is 5.32 Å². The van der Waals surface area contributed by atoms with Gasteiger partial charge in [-0.15, -0.1) is 23.7 Å². The second kappa shape index (κ2) is 7.90. The zero-order valence-corrected chi connectivity index (χ0v) is 11.4. The summed E-state index contributed by atoms with van der Waals surface area (Å²) >= 11 is 7.32. The molecular weight excluding hydrogens is 267 g/mol. The molecule has 0 spiro atoms. The maximum Gasteiger partial charge on any atom is 0.236 e. The largest absolute Gasteiger partial charge is 0.354 e. The fourth-order valence-electron chi connectivity index (χ4n) is 1.11. The van der Waals surface area contributed by atoms with Gasteiger partial charge in [-0.3, -0.25) is 4.79 Å². The Hall–Kier alpha value is -0.290. The summed E-state index contributed by atoms with van der Waals surface area (Å²) in [5.41, 5.74) is 5.57. The number of amides is 1. The topological polar surface area (TPSA) is 55.1 Å². The van der Waals surface area contributed by atoms with Crippen molar-refractivity contribution in [1.82, 2.24) is 5.32 Å². The Labute approximate surface area is 111 Å². The summed E-state index contributed by atoms with van der Waals surface area (Å²) in [5, 5.41) is 2.79. The van der Waals surface area contributed by atoms with Crippen LogP contribution in [0.15, 0.2) is 12.1 Å². The van der Waals surface area contributed by atoms with Crippen molar-refractivity contribution >= 4 is 41.3 Å². The number of hydrogen-bond donors (Lipinski definition) is 2. The lowest BCUT2D eigenvalue weighted by Crippen LogP contribution is -2.40. The van der Waals surface area contributed by atoms with E-state index in [1.165, 1.54) is 16.2 Å². The van der Waals surface area contributed by atoms with Gasteiger partial charge in [0, 0.05) is 11.4 Å². The van der Waals surface area contributed by atoms with Gasteiger partial charge in [-0.2, -0.15) is 0 Å². The molecule has 1 rings (SSSR count). The van der Waals surface area contributed by atoms with Crippen LogP contribution in [0.5, 0.6) is 0 Å². The number of halogens is 2. The van der Waals surface area contributed by atoms with Crippen molar-refractivity contribution in [3.05, 3.63) is 21.3 Å². The summed E-state index contributed by atoms with van der Waals surface area (Å²) < 4.78 is 0.779. The van der Waals surface area contributed by atoms with Gasteiger partial charge in [0.2, 0.25) is 5.91 Å². The molecule has 1 amide bonds. The molecule has 92 valence electrons. The molecule has 1 atom stereocenters. The zero-order chi connectivity index (χ0) is 11.3. The van der Waals surface area contributed by atoms with Crippen molar-refractivity contribution in [2.75, 3.05) is 6.54 Å². The summed E-state index contributed by atoms with van der Waals surface area (Å²) in [4.78, 5) is 12.5. The van der Waals surface area contributed by atoms with Crippen molar-refractivity contribution < 1.29 is 4.79 Å². The lowest BCUT2D eigenvalue weighted by molar-refractivity contribution is -0.122. The smallest absolute Gasteiger partial charge is 0.236 e. The molecule has 6 heteroatoms. The molecule has 0 aliphatic carbocycles. The fourth-order valence-corrected chi connectivity index (χ4v) is 2.20. The van der Waals surface area contributed by atoms with E-state index in [4.69, 9.17) is 17.3 Å². The summed E-state index contributed by atoms with van der Waals surface area (Å²) in [6, 6.07) is 3.44. The molecule has 0 bridgehead atoms. The van der Waals surface area contributed by atoms with Gasteiger partial charge in [0.05, 0.1) is 10.4 Å². The van der Waals surface area contributed by atoms with Crippen molar-refractivity contribution in [3.63, 3.8) is 0 Å². The maximum atomic E-state index is 11.3. The van der Waals surface area contributed by atoms with Crippen LogP contribution in [0.25, 0.3) is 0 Å². The lowest BCUT2D eigenvalue weighted by atomic mass is 10.2. The van der Waals surface area contributed by atoms with Crippen molar-refractivity contribution in [2.24, 2.45) is 5.73 Å². The second-order valence-electron chi connectivity index (χ2n) is 3.26. The van der Waals surface area contributed by atoms with Crippen LogP contribution >= 0.6 is 35.3 Å². The number of nitrogens with one attached hydrogen (secondary N) is 1. The van der Waals surface area contributed by atoms with Crippen LogP contribution in [0.2, 0.25) is 4.34 Å². The number of thiophene rings is 1. The Morgan fingerprint density at radius 2 is 2.31 bits per heavy atom. The normalized spacial score (nSPS) is 11.7. The Morgan fingerprint density at radius 3 is 2.81 bits per heavy atom. The Morgan fingerprint density at radius 1 is 1.62 bits per heavy atom. The highest BCUT2D eigenvalue weighted by molar-refractivity contribution is 7.16. The van der Waals surface area contributed by atoms with E-state index < -0.39 is 6.04 Å². The molecule has 3 N–H and O–H groups in total.